The van der Waals surface area contributed by atoms with Gasteiger partial charge >= 0.3 is 0 Å². The van der Waals surface area contributed by atoms with Crippen LogP contribution in [-0.2, 0) is 16.6 Å². The molecule has 0 amide bonds. The Balaban J connectivity index is 3.11. The van der Waals surface area contributed by atoms with E-state index >= 15 is 0 Å². The Morgan fingerprint density at radius 1 is 1.47 bits per heavy atom. The molecule has 0 aromatic heterocycles. The molecule has 1 unspecified atom stereocenters. The first-order valence-corrected chi connectivity index (χ1v) is 8.89. The molecule has 0 aliphatic rings. The first-order chi connectivity index (χ1) is 8.81. The van der Waals surface area contributed by atoms with Crippen LogP contribution in [0.2, 0.25) is 5.02 Å². The third-order valence-corrected chi connectivity index (χ3v) is 5.59. The molecule has 4 nitrogen and oxygen atoms in total. The minimum Gasteiger partial charge on any atom is -0.392 e. The first-order valence-electron chi connectivity index (χ1n) is 5.74. The number of thioether (sulfide) groups is 1. The topological polar surface area (TPSA) is 66.4 Å². The standard InChI is InChI=1S/C12H18ClNO3S2/c1-8(18-3)6-14-19(16,17)12-5-11(13)4-10(7-15)9(12)2/h4-5,8,14-15H,6-7H2,1-3H3. The molecule has 0 saturated heterocycles. The molecular formula is C12H18ClNO3S2. The van der Waals surface area contributed by atoms with Gasteiger partial charge in [-0.25, -0.2) is 13.1 Å². The molecule has 0 spiro atoms. The van der Waals surface area contributed by atoms with Gasteiger partial charge in [0, 0.05) is 16.8 Å². The second-order valence-electron chi connectivity index (χ2n) is 4.24. The molecule has 2 N–H and O–H groups in total. The molecule has 1 aromatic carbocycles. The maximum atomic E-state index is 12.2. The number of nitrogens with one attached hydrogen (secondary N) is 1. The van der Waals surface area contributed by atoms with Crippen LogP contribution in [0.4, 0.5) is 0 Å². The molecule has 0 fully saturated rings. The van der Waals surface area contributed by atoms with Crippen molar-refractivity contribution in [3.8, 4) is 0 Å². The van der Waals surface area contributed by atoms with Crippen molar-refractivity contribution in [2.24, 2.45) is 0 Å². The fourth-order valence-electron chi connectivity index (χ4n) is 1.54. The van der Waals surface area contributed by atoms with Crippen molar-refractivity contribution < 1.29 is 13.5 Å². The average Bonchev–Trinajstić information content (AvgIpc) is 2.38. The fraction of sp³-hybridized carbons (Fsp3) is 0.500. The summed E-state index contributed by atoms with van der Waals surface area (Å²) >= 11 is 7.47. The summed E-state index contributed by atoms with van der Waals surface area (Å²) in [6.07, 6.45) is 1.92. The number of aliphatic hydroxyl groups excluding tert-OH is 1. The molecule has 0 radical (unpaired) electrons. The van der Waals surface area contributed by atoms with Gasteiger partial charge in [-0.05, 0) is 36.4 Å². The highest BCUT2D eigenvalue weighted by Gasteiger charge is 2.20. The Kier molecular flexibility index (Phi) is 6.14. The van der Waals surface area contributed by atoms with Gasteiger partial charge in [0.2, 0.25) is 10.0 Å². The molecule has 1 rings (SSSR count). The fourth-order valence-corrected chi connectivity index (χ4v) is 3.64. The van der Waals surface area contributed by atoms with Crippen LogP contribution in [0.15, 0.2) is 17.0 Å². The monoisotopic (exact) mass is 323 g/mol. The zero-order chi connectivity index (χ0) is 14.6. The van der Waals surface area contributed by atoms with E-state index in [0.717, 1.165) is 0 Å². The van der Waals surface area contributed by atoms with Crippen molar-refractivity contribution >= 4 is 33.4 Å². The molecule has 108 valence electrons. The largest absolute Gasteiger partial charge is 0.392 e. The predicted molar refractivity (Wildman–Crippen MR) is 80.3 cm³/mol. The summed E-state index contributed by atoms with van der Waals surface area (Å²) in [4.78, 5) is 0.123. The zero-order valence-corrected chi connectivity index (χ0v) is 13.5. The smallest absolute Gasteiger partial charge is 0.240 e. The number of rotatable bonds is 6. The highest BCUT2D eigenvalue weighted by Crippen LogP contribution is 2.24. The van der Waals surface area contributed by atoms with Gasteiger partial charge in [0.1, 0.15) is 0 Å². The third kappa shape index (κ3) is 4.36. The maximum absolute atomic E-state index is 12.2. The van der Waals surface area contributed by atoms with Gasteiger partial charge < -0.3 is 5.11 Å². The lowest BCUT2D eigenvalue weighted by Crippen LogP contribution is -2.30. The highest BCUT2D eigenvalue weighted by molar-refractivity contribution is 7.99. The average molecular weight is 324 g/mol. The summed E-state index contributed by atoms with van der Waals surface area (Å²) in [6.45, 7) is 3.71. The molecule has 7 heteroatoms. The summed E-state index contributed by atoms with van der Waals surface area (Å²) < 4.78 is 27.0. The van der Waals surface area contributed by atoms with Crippen LogP contribution in [0.3, 0.4) is 0 Å². The van der Waals surface area contributed by atoms with Crippen LogP contribution in [0.1, 0.15) is 18.1 Å². The van der Waals surface area contributed by atoms with Gasteiger partial charge in [-0.1, -0.05) is 18.5 Å². The number of aliphatic hydroxyl groups is 1. The van der Waals surface area contributed by atoms with Crippen LogP contribution in [0, 0.1) is 6.92 Å². The molecule has 1 aromatic rings. The van der Waals surface area contributed by atoms with E-state index in [1.54, 1.807) is 24.8 Å². The van der Waals surface area contributed by atoms with Crippen LogP contribution < -0.4 is 4.72 Å². The maximum Gasteiger partial charge on any atom is 0.240 e. The lowest BCUT2D eigenvalue weighted by molar-refractivity contribution is 0.280. The summed E-state index contributed by atoms with van der Waals surface area (Å²) in [5.41, 5.74) is 1.04. The van der Waals surface area contributed by atoms with Crippen molar-refractivity contribution in [2.45, 2.75) is 30.6 Å². The number of benzene rings is 1. The second kappa shape index (κ2) is 6.95. The van der Waals surface area contributed by atoms with Crippen molar-refractivity contribution in [3.63, 3.8) is 0 Å². The zero-order valence-electron chi connectivity index (χ0n) is 11.1. The molecule has 0 aliphatic carbocycles. The molecule has 0 aliphatic heterocycles. The molecule has 0 saturated carbocycles. The molecule has 0 heterocycles. The van der Waals surface area contributed by atoms with Gasteiger partial charge in [-0.15, -0.1) is 0 Å². The van der Waals surface area contributed by atoms with Crippen LogP contribution in [-0.4, -0.2) is 31.6 Å². The van der Waals surface area contributed by atoms with Gasteiger partial charge in [0.15, 0.2) is 0 Å². The van der Waals surface area contributed by atoms with E-state index in [9.17, 15) is 13.5 Å². The van der Waals surface area contributed by atoms with Gasteiger partial charge in [-0.2, -0.15) is 11.8 Å². The molecule has 0 bridgehead atoms. The van der Waals surface area contributed by atoms with E-state index in [4.69, 9.17) is 11.6 Å². The number of sulfonamides is 1. The predicted octanol–water partition coefficient (Wildman–Crippen LogP) is 2.17. The normalized spacial score (nSPS) is 13.5. The van der Waals surface area contributed by atoms with E-state index in [2.05, 4.69) is 4.72 Å². The minimum absolute atomic E-state index is 0.123. The van der Waals surface area contributed by atoms with Crippen LogP contribution >= 0.6 is 23.4 Å². The van der Waals surface area contributed by atoms with E-state index < -0.39 is 10.0 Å². The van der Waals surface area contributed by atoms with Gasteiger partial charge in [-0.3, -0.25) is 0 Å². The second-order valence-corrected chi connectivity index (χ2v) is 7.69. The van der Waals surface area contributed by atoms with E-state index in [1.807, 2.05) is 13.2 Å². The Labute approximate surface area is 123 Å². The van der Waals surface area contributed by atoms with Crippen LogP contribution in [0.5, 0.6) is 0 Å². The Hall–Kier alpha value is -0.270. The first kappa shape index (κ1) is 16.8. The van der Waals surface area contributed by atoms with Gasteiger partial charge in [0.25, 0.3) is 0 Å². The number of hydrogen-bond acceptors (Lipinski definition) is 4. The molecular weight excluding hydrogens is 306 g/mol. The molecule has 19 heavy (non-hydrogen) atoms. The lowest BCUT2D eigenvalue weighted by atomic mass is 10.1. The van der Waals surface area contributed by atoms with E-state index in [1.165, 1.54) is 6.07 Å². The Morgan fingerprint density at radius 3 is 2.63 bits per heavy atom. The Morgan fingerprint density at radius 2 is 2.11 bits per heavy atom. The van der Waals surface area contributed by atoms with Crippen molar-refractivity contribution in [3.05, 3.63) is 28.3 Å². The quantitative estimate of drug-likeness (QED) is 0.842. The molecule has 1 atom stereocenters. The van der Waals surface area contributed by atoms with Crippen molar-refractivity contribution in [2.75, 3.05) is 12.8 Å². The summed E-state index contributed by atoms with van der Waals surface area (Å²) in [5.74, 6) is 0. The van der Waals surface area contributed by atoms with Crippen molar-refractivity contribution in [1.82, 2.24) is 4.72 Å². The van der Waals surface area contributed by atoms with Crippen molar-refractivity contribution in [1.29, 1.82) is 0 Å². The summed E-state index contributed by atoms with van der Waals surface area (Å²) in [5, 5.41) is 9.70. The summed E-state index contributed by atoms with van der Waals surface area (Å²) in [6, 6.07) is 2.97. The van der Waals surface area contributed by atoms with E-state index in [-0.39, 0.29) is 16.8 Å². The summed E-state index contributed by atoms with van der Waals surface area (Å²) in [7, 11) is -3.61. The van der Waals surface area contributed by atoms with Gasteiger partial charge in [0.05, 0.1) is 11.5 Å². The SMILES string of the molecule is CSC(C)CNS(=O)(=O)c1cc(Cl)cc(CO)c1C. The number of hydrogen-bond donors (Lipinski definition) is 2. The minimum atomic E-state index is -3.61. The lowest BCUT2D eigenvalue weighted by Gasteiger charge is -2.14. The third-order valence-electron chi connectivity index (χ3n) is 2.86. The van der Waals surface area contributed by atoms with E-state index in [0.29, 0.717) is 22.7 Å². The highest BCUT2D eigenvalue weighted by atomic mass is 35.5. The Bertz CT molecular complexity index is 546. The van der Waals surface area contributed by atoms with Crippen LogP contribution in [0.25, 0.3) is 0 Å². The number of halogens is 1.